The number of morpholine rings is 1. The van der Waals surface area contributed by atoms with Crippen LogP contribution in [0.1, 0.15) is 31.6 Å². The van der Waals surface area contributed by atoms with Crippen molar-refractivity contribution in [3.63, 3.8) is 0 Å². The molecule has 2 saturated heterocycles. The molecule has 2 aliphatic rings. The fraction of sp³-hybridized carbons (Fsp3) is 0.611. The molecular weight excluding hydrogens is 318 g/mol. The van der Waals surface area contributed by atoms with E-state index in [-0.39, 0.29) is 0 Å². The van der Waals surface area contributed by atoms with Gasteiger partial charge in [-0.3, -0.25) is 4.90 Å². The molecule has 2 aromatic heterocycles. The molecule has 0 aromatic carbocycles. The van der Waals surface area contributed by atoms with E-state index < -0.39 is 0 Å². The van der Waals surface area contributed by atoms with Crippen LogP contribution in [0.3, 0.4) is 0 Å². The summed E-state index contributed by atoms with van der Waals surface area (Å²) in [5, 5.41) is 4.11. The van der Waals surface area contributed by atoms with E-state index in [0.29, 0.717) is 18.3 Å². The lowest BCUT2D eigenvalue weighted by molar-refractivity contribution is 0.0297. The Morgan fingerprint density at radius 1 is 0.960 bits per heavy atom. The molecule has 0 amide bonds. The van der Waals surface area contributed by atoms with Gasteiger partial charge in [0.2, 0.25) is 11.7 Å². The fourth-order valence-electron chi connectivity index (χ4n) is 3.39. The molecule has 0 atom stereocenters. The van der Waals surface area contributed by atoms with Gasteiger partial charge in [-0.1, -0.05) is 18.0 Å². The molecule has 2 aromatic rings. The Morgan fingerprint density at radius 2 is 1.76 bits per heavy atom. The van der Waals surface area contributed by atoms with Crippen molar-refractivity contribution in [1.29, 1.82) is 0 Å². The largest absolute Gasteiger partial charge is 0.379 e. The predicted molar refractivity (Wildman–Crippen MR) is 94.3 cm³/mol. The first kappa shape index (κ1) is 16.5. The molecule has 0 bridgehead atoms. The summed E-state index contributed by atoms with van der Waals surface area (Å²) in [4.78, 5) is 13.8. The van der Waals surface area contributed by atoms with Crippen molar-refractivity contribution in [2.24, 2.45) is 0 Å². The van der Waals surface area contributed by atoms with Crippen molar-refractivity contribution in [3.05, 3.63) is 24.2 Å². The van der Waals surface area contributed by atoms with Gasteiger partial charge in [-0.25, -0.2) is 4.98 Å². The highest BCUT2D eigenvalue weighted by atomic mass is 16.5. The van der Waals surface area contributed by atoms with E-state index in [1.54, 1.807) is 0 Å². The second kappa shape index (κ2) is 7.93. The van der Waals surface area contributed by atoms with E-state index in [9.17, 15) is 0 Å². The summed E-state index contributed by atoms with van der Waals surface area (Å²) < 4.78 is 10.8. The minimum Gasteiger partial charge on any atom is -0.379 e. The molecule has 0 saturated carbocycles. The highest BCUT2D eigenvalue weighted by Crippen LogP contribution is 2.21. The van der Waals surface area contributed by atoms with Crippen LogP contribution in [0.2, 0.25) is 0 Å². The Hall–Kier alpha value is -1.99. The average Bonchev–Trinajstić information content (AvgIpc) is 2.95. The maximum absolute atomic E-state index is 5.40. The number of ether oxygens (including phenoxy) is 1. The zero-order valence-electron chi connectivity index (χ0n) is 14.6. The quantitative estimate of drug-likeness (QED) is 0.844. The number of pyridine rings is 1. The summed E-state index contributed by atoms with van der Waals surface area (Å²) in [6, 6.07) is 4.11. The lowest BCUT2D eigenvalue weighted by Gasteiger charge is -2.24. The molecule has 2 fully saturated rings. The van der Waals surface area contributed by atoms with Crippen LogP contribution in [0.4, 0.5) is 5.82 Å². The first-order chi connectivity index (χ1) is 12.4. The van der Waals surface area contributed by atoms with E-state index in [2.05, 4.69) is 31.0 Å². The summed E-state index contributed by atoms with van der Waals surface area (Å²) in [6.45, 7) is 6.21. The Morgan fingerprint density at radius 3 is 2.48 bits per heavy atom. The lowest BCUT2D eigenvalue weighted by Crippen LogP contribution is -2.35. The number of anilines is 1. The van der Waals surface area contributed by atoms with Crippen LogP contribution < -0.4 is 4.90 Å². The zero-order chi connectivity index (χ0) is 16.9. The molecule has 25 heavy (non-hydrogen) atoms. The minimum atomic E-state index is 0.609. The van der Waals surface area contributed by atoms with Crippen molar-refractivity contribution in [2.45, 2.75) is 32.2 Å². The van der Waals surface area contributed by atoms with E-state index in [1.165, 1.54) is 25.7 Å². The molecule has 0 radical (unpaired) electrons. The molecule has 7 heteroatoms. The number of rotatable bonds is 4. The van der Waals surface area contributed by atoms with Crippen molar-refractivity contribution in [2.75, 3.05) is 44.3 Å². The van der Waals surface area contributed by atoms with Gasteiger partial charge in [-0.2, -0.15) is 4.98 Å². The topological polar surface area (TPSA) is 67.5 Å². The van der Waals surface area contributed by atoms with Gasteiger partial charge in [-0.05, 0) is 25.0 Å². The summed E-state index contributed by atoms with van der Waals surface area (Å²) in [5.74, 6) is 2.30. The van der Waals surface area contributed by atoms with Crippen LogP contribution in [0.15, 0.2) is 22.9 Å². The average molecular weight is 343 g/mol. The van der Waals surface area contributed by atoms with Gasteiger partial charge < -0.3 is 14.2 Å². The number of nitrogens with zero attached hydrogens (tertiary/aromatic N) is 5. The maximum Gasteiger partial charge on any atom is 0.241 e. The Balaban J connectivity index is 1.41. The third-order valence-electron chi connectivity index (χ3n) is 4.87. The van der Waals surface area contributed by atoms with E-state index >= 15 is 0 Å². The second-order valence-corrected chi connectivity index (χ2v) is 6.71. The Bertz CT molecular complexity index is 658. The van der Waals surface area contributed by atoms with Gasteiger partial charge in [0.1, 0.15) is 5.82 Å². The van der Waals surface area contributed by atoms with Crippen LogP contribution >= 0.6 is 0 Å². The first-order valence-electron chi connectivity index (χ1n) is 9.22. The summed E-state index contributed by atoms with van der Waals surface area (Å²) >= 11 is 0. The van der Waals surface area contributed by atoms with Crippen LogP contribution in [0.5, 0.6) is 0 Å². The Labute approximate surface area is 148 Å². The van der Waals surface area contributed by atoms with Gasteiger partial charge in [0, 0.05) is 37.9 Å². The van der Waals surface area contributed by atoms with Gasteiger partial charge in [0.25, 0.3) is 0 Å². The van der Waals surface area contributed by atoms with Crippen molar-refractivity contribution < 1.29 is 9.26 Å². The highest BCUT2D eigenvalue weighted by molar-refractivity contribution is 5.55. The monoisotopic (exact) mass is 343 g/mol. The van der Waals surface area contributed by atoms with Gasteiger partial charge in [-0.15, -0.1) is 0 Å². The van der Waals surface area contributed by atoms with Crippen LogP contribution in [0, 0.1) is 0 Å². The van der Waals surface area contributed by atoms with E-state index in [4.69, 9.17) is 9.26 Å². The lowest BCUT2D eigenvalue weighted by atomic mass is 10.2. The van der Waals surface area contributed by atoms with Gasteiger partial charge in [0.15, 0.2) is 0 Å². The van der Waals surface area contributed by atoms with Crippen LogP contribution in [-0.4, -0.2) is 59.4 Å². The van der Waals surface area contributed by atoms with Gasteiger partial charge >= 0.3 is 0 Å². The molecular formula is C18H25N5O2. The smallest absolute Gasteiger partial charge is 0.241 e. The standard InChI is InChI=1S/C18H25N5O2/c1-2-4-8-23(7-3-1)16-6-5-15(13-19-16)18-20-17(25-21-18)14-22-9-11-24-12-10-22/h5-6,13H,1-4,7-12,14H2. The minimum absolute atomic E-state index is 0.609. The fourth-order valence-corrected chi connectivity index (χ4v) is 3.39. The number of hydrogen-bond donors (Lipinski definition) is 0. The third kappa shape index (κ3) is 4.16. The molecule has 134 valence electrons. The zero-order valence-corrected chi connectivity index (χ0v) is 14.6. The van der Waals surface area contributed by atoms with Crippen molar-refractivity contribution in [3.8, 4) is 11.4 Å². The molecule has 0 N–H and O–H groups in total. The molecule has 2 aliphatic heterocycles. The van der Waals surface area contributed by atoms with Crippen LogP contribution in [-0.2, 0) is 11.3 Å². The SMILES string of the molecule is c1cc(N2CCCCCC2)ncc1-c1noc(CN2CCOCC2)n1. The maximum atomic E-state index is 5.40. The first-order valence-corrected chi connectivity index (χ1v) is 9.22. The summed E-state index contributed by atoms with van der Waals surface area (Å²) in [7, 11) is 0. The molecule has 0 aliphatic carbocycles. The summed E-state index contributed by atoms with van der Waals surface area (Å²) in [5.41, 5.74) is 0.899. The predicted octanol–water partition coefficient (Wildman–Crippen LogP) is 2.34. The highest BCUT2D eigenvalue weighted by Gasteiger charge is 2.16. The molecule has 7 nitrogen and oxygen atoms in total. The number of aromatic nitrogens is 3. The van der Waals surface area contributed by atoms with E-state index in [0.717, 1.165) is 50.8 Å². The normalized spacial score (nSPS) is 19.8. The molecule has 4 rings (SSSR count). The van der Waals surface area contributed by atoms with Crippen LogP contribution in [0.25, 0.3) is 11.4 Å². The molecule has 0 unspecified atom stereocenters. The van der Waals surface area contributed by atoms with E-state index in [1.807, 2.05) is 12.3 Å². The molecule has 4 heterocycles. The second-order valence-electron chi connectivity index (χ2n) is 6.71. The van der Waals surface area contributed by atoms with Gasteiger partial charge in [0.05, 0.1) is 19.8 Å². The van der Waals surface area contributed by atoms with Crippen molar-refractivity contribution in [1.82, 2.24) is 20.0 Å². The Kier molecular flexibility index (Phi) is 5.22. The number of hydrogen-bond acceptors (Lipinski definition) is 7. The molecule has 0 spiro atoms. The summed E-state index contributed by atoms with van der Waals surface area (Å²) in [6.07, 6.45) is 6.99. The van der Waals surface area contributed by atoms with Crippen molar-refractivity contribution >= 4 is 5.82 Å². The third-order valence-corrected chi connectivity index (χ3v) is 4.87.